The van der Waals surface area contributed by atoms with E-state index >= 15 is 0 Å². The average Bonchev–Trinajstić information content (AvgIpc) is 3.42. The molecule has 3 saturated carbocycles. The Labute approximate surface area is 128 Å². The number of hydrogen-bond acceptors (Lipinski definition) is 4. The molecule has 4 fully saturated rings. The summed E-state index contributed by atoms with van der Waals surface area (Å²) in [6.07, 6.45) is 9.04. The number of likely N-dealkylation sites (N-methyl/N-ethyl adjacent to an activating group) is 1. The van der Waals surface area contributed by atoms with Crippen LogP contribution in [0.4, 0.5) is 0 Å². The first-order valence-corrected chi connectivity index (χ1v) is 8.97. The highest BCUT2D eigenvalue weighted by Gasteiger charge is 2.47. The van der Waals surface area contributed by atoms with E-state index in [1.165, 1.54) is 45.2 Å². The predicted molar refractivity (Wildman–Crippen MR) is 82.1 cm³/mol. The summed E-state index contributed by atoms with van der Waals surface area (Å²) in [5.74, 6) is 1.66. The summed E-state index contributed by atoms with van der Waals surface area (Å²) in [5.41, 5.74) is 0. The number of nitrogens with one attached hydrogen (secondary N) is 1. The third-order valence-corrected chi connectivity index (χ3v) is 5.85. The molecule has 0 radical (unpaired) electrons. The van der Waals surface area contributed by atoms with Crippen LogP contribution in [0.1, 0.15) is 44.9 Å². The maximum Gasteiger partial charge on any atom is 0.170 e. The van der Waals surface area contributed by atoms with Crippen molar-refractivity contribution < 1.29 is 9.47 Å². The second-order valence-electron chi connectivity index (χ2n) is 7.65. The van der Waals surface area contributed by atoms with Gasteiger partial charge in [-0.2, -0.15) is 0 Å². The number of nitrogens with zero attached hydrogens (tertiary/aromatic N) is 1. The van der Waals surface area contributed by atoms with Crippen molar-refractivity contribution in [2.45, 2.75) is 62.8 Å². The number of ether oxygens (including phenoxy) is 2. The van der Waals surface area contributed by atoms with Crippen molar-refractivity contribution in [1.82, 2.24) is 10.2 Å². The van der Waals surface area contributed by atoms with Gasteiger partial charge < -0.3 is 14.8 Å². The van der Waals surface area contributed by atoms with Gasteiger partial charge in [0.1, 0.15) is 0 Å². The van der Waals surface area contributed by atoms with Gasteiger partial charge in [0.15, 0.2) is 5.79 Å². The summed E-state index contributed by atoms with van der Waals surface area (Å²) in [4.78, 5) is 2.79. The standard InChI is InChI=1S/C17H30N2O2/c1-18-15-6-7-17(20-8-9-21-17)10-16(15)19(11-13-2-3-13)12-14-4-5-14/h13-16,18H,2-12H2,1H3. The second-order valence-corrected chi connectivity index (χ2v) is 7.65. The third kappa shape index (κ3) is 3.29. The fourth-order valence-electron chi connectivity index (χ4n) is 4.22. The van der Waals surface area contributed by atoms with Gasteiger partial charge >= 0.3 is 0 Å². The molecule has 1 heterocycles. The van der Waals surface area contributed by atoms with Crippen molar-refractivity contribution in [3.05, 3.63) is 0 Å². The van der Waals surface area contributed by atoms with Crippen LogP contribution in [0.3, 0.4) is 0 Å². The van der Waals surface area contributed by atoms with Gasteiger partial charge in [0, 0.05) is 38.0 Å². The van der Waals surface area contributed by atoms with Gasteiger partial charge in [-0.05, 0) is 51.0 Å². The van der Waals surface area contributed by atoms with Crippen LogP contribution in [0.15, 0.2) is 0 Å². The molecule has 4 aliphatic rings. The summed E-state index contributed by atoms with van der Waals surface area (Å²) in [5, 5.41) is 3.58. The van der Waals surface area contributed by atoms with Gasteiger partial charge in [-0.15, -0.1) is 0 Å². The minimum atomic E-state index is -0.261. The van der Waals surface area contributed by atoms with Crippen molar-refractivity contribution >= 4 is 0 Å². The molecular weight excluding hydrogens is 264 g/mol. The molecule has 0 aromatic carbocycles. The molecular formula is C17H30N2O2. The van der Waals surface area contributed by atoms with E-state index in [4.69, 9.17) is 9.47 Å². The van der Waals surface area contributed by atoms with Crippen molar-refractivity contribution in [2.75, 3.05) is 33.4 Å². The molecule has 1 N–H and O–H groups in total. The Balaban J connectivity index is 1.48. The SMILES string of the molecule is CNC1CCC2(CC1N(CC1CC1)CC1CC1)OCCO2. The van der Waals surface area contributed by atoms with Crippen LogP contribution < -0.4 is 5.32 Å². The van der Waals surface area contributed by atoms with Gasteiger partial charge in [-0.3, -0.25) is 4.90 Å². The van der Waals surface area contributed by atoms with E-state index in [0.717, 1.165) is 37.9 Å². The average molecular weight is 294 g/mol. The van der Waals surface area contributed by atoms with Crippen LogP contribution in [0.25, 0.3) is 0 Å². The Morgan fingerprint density at radius 2 is 1.62 bits per heavy atom. The van der Waals surface area contributed by atoms with E-state index in [0.29, 0.717) is 12.1 Å². The smallest absolute Gasteiger partial charge is 0.170 e. The topological polar surface area (TPSA) is 33.7 Å². The van der Waals surface area contributed by atoms with E-state index in [-0.39, 0.29) is 5.79 Å². The first-order chi connectivity index (χ1) is 10.3. The normalized spacial score (nSPS) is 35.7. The van der Waals surface area contributed by atoms with Gasteiger partial charge in [0.25, 0.3) is 0 Å². The highest BCUT2D eigenvalue weighted by atomic mass is 16.7. The third-order valence-electron chi connectivity index (χ3n) is 5.85. The van der Waals surface area contributed by atoms with Crippen LogP contribution >= 0.6 is 0 Å². The summed E-state index contributed by atoms with van der Waals surface area (Å²) in [6.45, 7) is 4.16. The minimum Gasteiger partial charge on any atom is -0.347 e. The Morgan fingerprint density at radius 3 is 2.14 bits per heavy atom. The maximum absolute atomic E-state index is 6.02. The maximum atomic E-state index is 6.02. The van der Waals surface area contributed by atoms with Crippen molar-refractivity contribution in [3.8, 4) is 0 Å². The van der Waals surface area contributed by atoms with E-state index in [9.17, 15) is 0 Å². The number of hydrogen-bond donors (Lipinski definition) is 1. The molecule has 0 aromatic heterocycles. The monoisotopic (exact) mass is 294 g/mol. The largest absolute Gasteiger partial charge is 0.347 e. The Morgan fingerprint density at radius 1 is 1.00 bits per heavy atom. The minimum absolute atomic E-state index is 0.261. The molecule has 4 rings (SSSR count). The molecule has 2 unspecified atom stereocenters. The van der Waals surface area contributed by atoms with Gasteiger partial charge in [-0.1, -0.05) is 0 Å². The molecule has 0 bridgehead atoms. The molecule has 1 spiro atoms. The Hall–Kier alpha value is -0.160. The molecule has 4 heteroatoms. The molecule has 1 saturated heterocycles. The van der Waals surface area contributed by atoms with Gasteiger partial charge in [0.05, 0.1) is 13.2 Å². The van der Waals surface area contributed by atoms with Gasteiger partial charge in [-0.25, -0.2) is 0 Å². The quantitative estimate of drug-likeness (QED) is 0.812. The fourth-order valence-corrected chi connectivity index (χ4v) is 4.22. The lowest BCUT2D eigenvalue weighted by atomic mass is 9.84. The van der Waals surface area contributed by atoms with Crippen LogP contribution in [0, 0.1) is 11.8 Å². The molecule has 21 heavy (non-hydrogen) atoms. The first kappa shape index (κ1) is 14.4. The zero-order valence-electron chi connectivity index (χ0n) is 13.4. The second kappa shape index (κ2) is 5.80. The highest BCUT2D eigenvalue weighted by Crippen LogP contribution is 2.41. The molecule has 3 aliphatic carbocycles. The van der Waals surface area contributed by atoms with E-state index in [1.54, 1.807) is 0 Å². The van der Waals surface area contributed by atoms with Crippen LogP contribution in [-0.4, -0.2) is 56.1 Å². The summed E-state index contributed by atoms with van der Waals surface area (Å²) in [6, 6.07) is 1.18. The van der Waals surface area contributed by atoms with Crippen molar-refractivity contribution in [1.29, 1.82) is 0 Å². The van der Waals surface area contributed by atoms with Crippen LogP contribution in [0.2, 0.25) is 0 Å². The molecule has 120 valence electrons. The van der Waals surface area contributed by atoms with E-state index < -0.39 is 0 Å². The molecule has 4 nitrogen and oxygen atoms in total. The lowest BCUT2D eigenvalue weighted by Crippen LogP contribution is -2.57. The summed E-state index contributed by atoms with van der Waals surface area (Å²) < 4.78 is 12.0. The summed E-state index contributed by atoms with van der Waals surface area (Å²) in [7, 11) is 2.12. The Kier molecular flexibility index (Phi) is 3.99. The zero-order valence-corrected chi connectivity index (χ0v) is 13.4. The highest BCUT2D eigenvalue weighted by molar-refractivity contribution is 4.98. The van der Waals surface area contributed by atoms with Crippen LogP contribution in [-0.2, 0) is 9.47 Å². The van der Waals surface area contributed by atoms with E-state index in [1.807, 2.05) is 0 Å². The Bertz CT molecular complexity index is 348. The molecule has 0 aromatic rings. The zero-order chi connectivity index (χ0) is 14.3. The molecule has 0 amide bonds. The van der Waals surface area contributed by atoms with Crippen LogP contribution in [0.5, 0.6) is 0 Å². The van der Waals surface area contributed by atoms with E-state index in [2.05, 4.69) is 17.3 Å². The predicted octanol–water partition coefficient (Wildman–Crippen LogP) is 1.99. The summed E-state index contributed by atoms with van der Waals surface area (Å²) >= 11 is 0. The van der Waals surface area contributed by atoms with Crippen molar-refractivity contribution in [3.63, 3.8) is 0 Å². The fraction of sp³-hybridized carbons (Fsp3) is 1.00. The number of rotatable bonds is 6. The first-order valence-electron chi connectivity index (χ1n) is 8.97. The lowest BCUT2D eigenvalue weighted by molar-refractivity contribution is -0.193. The molecule has 2 atom stereocenters. The van der Waals surface area contributed by atoms with Crippen molar-refractivity contribution in [2.24, 2.45) is 11.8 Å². The lowest BCUT2D eigenvalue weighted by Gasteiger charge is -2.46. The van der Waals surface area contributed by atoms with Gasteiger partial charge in [0.2, 0.25) is 0 Å². The molecule has 1 aliphatic heterocycles.